The van der Waals surface area contributed by atoms with E-state index in [1.54, 1.807) is 0 Å². The van der Waals surface area contributed by atoms with Crippen LogP contribution in [0.25, 0.3) is 0 Å². The van der Waals surface area contributed by atoms with Crippen LogP contribution in [0.2, 0.25) is 0 Å². The second kappa shape index (κ2) is 5.20. The van der Waals surface area contributed by atoms with E-state index in [9.17, 15) is 5.11 Å². The molecule has 0 amide bonds. The lowest BCUT2D eigenvalue weighted by Crippen LogP contribution is -1.99. The van der Waals surface area contributed by atoms with Gasteiger partial charge in [0.15, 0.2) is 0 Å². The number of aliphatic hydroxyl groups excluding tert-OH is 2. The average molecular weight is 170 g/mol. The third kappa shape index (κ3) is 2.86. The lowest BCUT2D eigenvalue weighted by Gasteiger charge is -2.13. The molecule has 12 heavy (non-hydrogen) atoms. The molecule has 0 aromatic carbocycles. The standard InChI is InChI=1S/C10H18O2/c11-8-7-9-5-3-1-2-4-6-10(9)12/h11-12H,1-8H2. The van der Waals surface area contributed by atoms with Gasteiger partial charge in [-0.2, -0.15) is 0 Å². The second-order valence-corrected chi connectivity index (χ2v) is 3.44. The molecule has 0 saturated heterocycles. The summed E-state index contributed by atoms with van der Waals surface area (Å²) in [6, 6.07) is 0. The van der Waals surface area contributed by atoms with Gasteiger partial charge in [-0.1, -0.05) is 12.8 Å². The highest BCUT2D eigenvalue weighted by atomic mass is 16.3. The first-order valence-corrected chi connectivity index (χ1v) is 4.85. The summed E-state index contributed by atoms with van der Waals surface area (Å²) >= 11 is 0. The Balaban J connectivity index is 2.53. The van der Waals surface area contributed by atoms with Crippen LogP contribution in [0.3, 0.4) is 0 Å². The fourth-order valence-electron chi connectivity index (χ4n) is 1.71. The Morgan fingerprint density at radius 2 is 1.67 bits per heavy atom. The van der Waals surface area contributed by atoms with Crippen LogP contribution in [0.5, 0.6) is 0 Å². The van der Waals surface area contributed by atoms with Crippen LogP contribution in [-0.2, 0) is 0 Å². The number of rotatable bonds is 2. The van der Waals surface area contributed by atoms with Crippen molar-refractivity contribution in [2.45, 2.75) is 44.9 Å². The molecule has 0 atom stereocenters. The lowest BCUT2D eigenvalue weighted by molar-refractivity contribution is 0.288. The van der Waals surface area contributed by atoms with E-state index in [1.165, 1.54) is 19.3 Å². The van der Waals surface area contributed by atoms with Gasteiger partial charge in [0.1, 0.15) is 0 Å². The van der Waals surface area contributed by atoms with E-state index in [0.717, 1.165) is 24.8 Å². The van der Waals surface area contributed by atoms with Crippen LogP contribution >= 0.6 is 0 Å². The zero-order valence-electron chi connectivity index (χ0n) is 7.55. The summed E-state index contributed by atoms with van der Waals surface area (Å²) in [5.41, 5.74) is 1.08. The second-order valence-electron chi connectivity index (χ2n) is 3.44. The van der Waals surface area contributed by atoms with Crippen molar-refractivity contribution in [1.29, 1.82) is 0 Å². The van der Waals surface area contributed by atoms with Crippen molar-refractivity contribution in [3.8, 4) is 0 Å². The summed E-state index contributed by atoms with van der Waals surface area (Å²) in [7, 11) is 0. The molecule has 2 N–H and O–H groups in total. The third-order valence-corrected chi connectivity index (χ3v) is 2.46. The van der Waals surface area contributed by atoms with Crippen molar-refractivity contribution in [2.24, 2.45) is 0 Å². The van der Waals surface area contributed by atoms with E-state index in [4.69, 9.17) is 5.11 Å². The van der Waals surface area contributed by atoms with Gasteiger partial charge in [-0.05, 0) is 31.3 Å². The highest BCUT2D eigenvalue weighted by molar-refractivity contribution is 5.08. The Kier molecular flexibility index (Phi) is 4.15. The molecule has 2 nitrogen and oxygen atoms in total. The van der Waals surface area contributed by atoms with E-state index in [0.29, 0.717) is 12.2 Å². The van der Waals surface area contributed by atoms with Crippen LogP contribution in [0, 0.1) is 0 Å². The van der Waals surface area contributed by atoms with Crippen LogP contribution in [0.1, 0.15) is 44.9 Å². The molecule has 1 aliphatic carbocycles. The summed E-state index contributed by atoms with van der Waals surface area (Å²) < 4.78 is 0. The van der Waals surface area contributed by atoms with Crippen LogP contribution in [0.15, 0.2) is 11.3 Å². The third-order valence-electron chi connectivity index (χ3n) is 2.46. The largest absolute Gasteiger partial charge is 0.512 e. The lowest BCUT2D eigenvalue weighted by atomic mass is 9.97. The predicted molar refractivity (Wildman–Crippen MR) is 49.1 cm³/mol. The minimum absolute atomic E-state index is 0.166. The van der Waals surface area contributed by atoms with Gasteiger partial charge in [0.25, 0.3) is 0 Å². The van der Waals surface area contributed by atoms with Gasteiger partial charge >= 0.3 is 0 Å². The number of hydrogen-bond donors (Lipinski definition) is 2. The fourth-order valence-corrected chi connectivity index (χ4v) is 1.71. The molecule has 0 aromatic rings. The zero-order valence-corrected chi connectivity index (χ0v) is 7.55. The number of aliphatic hydroxyl groups is 2. The minimum atomic E-state index is 0.166. The number of allylic oxidation sites excluding steroid dienone is 1. The van der Waals surface area contributed by atoms with Crippen LogP contribution in [-0.4, -0.2) is 16.8 Å². The maximum Gasteiger partial charge on any atom is 0.0915 e. The molecule has 0 spiro atoms. The average Bonchev–Trinajstić information content (AvgIpc) is 2.05. The normalized spacial score (nSPS) is 20.4. The molecule has 0 aliphatic heterocycles. The monoisotopic (exact) mass is 170 g/mol. The zero-order chi connectivity index (χ0) is 8.81. The Hall–Kier alpha value is -0.500. The van der Waals surface area contributed by atoms with Crippen molar-refractivity contribution < 1.29 is 10.2 Å². The van der Waals surface area contributed by atoms with Crippen molar-refractivity contribution in [3.63, 3.8) is 0 Å². The van der Waals surface area contributed by atoms with E-state index < -0.39 is 0 Å². The topological polar surface area (TPSA) is 40.5 Å². The van der Waals surface area contributed by atoms with Gasteiger partial charge in [0.2, 0.25) is 0 Å². The van der Waals surface area contributed by atoms with Crippen molar-refractivity contribution in [2.75, 3.05) is 6.61 Å². The molecule has 70 valence electrons. The molecule has 0 heterocycles. The molecule has 0 aromatic heterocycles. The highest BCUT2D eigenvalue weighted by Gasteiger charge is 2.08. The maximum absolute atomic E-state index is 9.57. The first-order valence-electron chi connectivity index (χ1n) is 4.85. The Morgan fingerprint density at radius 3 is 2.33 bits per heavy atom. The van der Waals surface area contributed by atoms with E-state index >= 15 is 0 Å². The van der Waals surface area contributed by atoms with Crippen molar-refractivity contribution in [1.82, 2.24) is 0 Å². The van der Waals surface area contributed by atoms with E-state index in [1.807, 2.05) is 0 Å². The summed E-state index contributed by atoms with van der Waals surface area (Å²) in [5, 5.41) is 18.3. The van der Waals surface area contributed by atoms with Crippen molar-refractivity contribution in [3.05, 3.63) is 11.3 Å². The maximum atomic E-state index is 9.57. The first kappa shape index (κ1) is 9.59. The van der Waals surface area contributed by atoms with Gasteiger partial charge in [0, 0.05) is 13.0 Å². The quantitative estimate of drug-likeness (QED) is 0.668. The molecule has 0 bridgehead atoms. The Bertz CT molecular complexity index is 161. The molecule has 2 heteroatoms. The van der Waals surface area contributed by atoms with E-state index in [-0.39, 0.29) is 6.61 Å². The van der Waals surface area contributed by atoms with E-state index in [2.05, 4.69) is 0 Å². The molecule has 0 radical (unpaired) electrons. The van der Waals surface area contributed by atoms with Crippen LogP contribution < -0.4 is 0 Å². The SMILES string of the molecule is OCCC1=C(O)CCCCCC1. The minimum Gasteiger partial charge on any atom is -0.512 e. The van der Waals surface area contributed by atoms with Gasteiger partial charge in [-0.3, -0.25) is 0 Å². The molecule has 0 saturated carbocycles. The summed E-state index contributed by atoms with van der Waals surface area (Å²) in [5.74, 6) is 0.545. The summed E-state index contributed by atoms with van der Waals surface area (Å²) in [6.45, 7) is 0.166. The van der Waals surface area contributed by atoms with Gasteiger partial charge in [-0.15, -0.1) is 0 Å². The molecular weight excluding hydrogens is 152 g/mol. The first-order chi connectivity index (χ1) is 5.84. The molecule has 0 fully saturated rings. The fraction of sp³-hybridized carbons (Fsp3) is 0.800. The van der Waals surface area contributed by atoms with Crippen LogP contribution in [0.4, 0.5) is 0 Å². The molecule has 1 aliphatic rings. The Labute approximate surface area is 73.9 Å². The smallest absolute Gasteiger partial charge is 0.0915 e. The summed E-state index contributed by atoms with van der Waals surface area (Å²) in [4.78, 5) is 0. The van der Waals surface area contributed by atoms with Gasteiger partial charge in [0.05, 0.1) is 5.76 Å². The molecular formula is C10H18O2. The van der Waals surface area contributed by atoms with Crippen molar-refractivity contribution >= 4 is 0 Å². The highest BCUT2D eigenvalue weighted by Crippen LogP contribution is 2.23. The van der Waals surface area contributed by atoms with Gasteiger partial charge < -0.3 is 10.2 Å². The molecule has 1 rings (SSSR count). The van der Waals surface area contributed by atoms with Gasteiger partial charge in [-0.25, -0.2) is 0 Å². The summed E-state index contributed by atoms with van der Waals surface area (Å²) in [6.07, 6.45) is 7.21. The molecule has 0 unspecified atom stereocenters. The Morgan fingerprint density at radius 1 is 1.00 bits per heavy atom. The number of hydrogen-bond acceptors (Lipinski definition) is 2. The predicted octanol–water partition coefficient (Wildman–Crippen LogP) is 2.54.